The molecule has 5 aliphatic heterocycles. The number of aromatic nitrogens is 3. The van der Waals surface area contributed by atoms with Gasteiger partial charge in [-0.05, 0) is 92.9 Å². The van der Waals surface area contributed by atoms with Gasteiger partial charge in [0, 0.05) is 30.4 Å². The summed E-state index contributed by atoms with van der Waals surface area (Å²) in [4.78, 5) is 18.9. The highest BCUT2D eigenvalue weighted by Gasteiger charge is 2.45. The number of piperidine rings is 1. The van der Waals surface area contributed by atoms with Crippen molar-refractivity contribution in [2.24, 2.45) is 5.92 Å². The Hall–Kier alpha value is -3.89. The number of pyridine rings is 1. The molecule has 3 saturated heterocycles. The quantitative estimate of drug-likeness (QED) is 0.274. The smallest absolute Gasteiger partial charge is 0.319 e. The molecular formula is C35H37F2N5O3. The lowest BCUT2D eigenvalue weighted by Crippen LogP contribution is -2.43. The predicted octanol–water partition coefficient (Wildman–Crippen LogP) is 6.18. The first-order valence-corrected chi connectivity index (χ1v) is 16.2. The highest BCUT2D eigenvalue weighted by Crippen LogP contribution is 2.41. The van der Waals surface area contributed by atoms with Crippen molar-refractivity contribution in [1.29, 1.82) is 0 Å². The molecule has 234 valence electrons. The molecule has 1 atom stereocenters. The van der Waals surface area contributed by atoms with E-state index in [9.17, 15) is 5.11 Å². The zero-order chi connectivity index (χ0) is 30.5. The summed E-state index contributed by atoms with van der Waals surface area (Å²) in [6.07, 6.45) is 12.1. The molecule has 2 aromatic carbocycles. The van der Waals surface area contributed by atoms with Gasteiger partial charge < -0.3 is 19.5 Å². The third-order valence-electron chi connectivity index (χ3n) is 10.2. The van der Waals surface area contributed by atoms with Crippen molar-refractivity contribution in [1.82, 2.24) is 19.9 Å². The van der Waals surface area contributed by atoms with Gasteiger partial charge >= 0.3 is 6.01 Å². The number of fused-ring (bicyclic) bond motifs is 6. The van der Waals surface area contributed by atoms with Crippen molar-refractivity contribution in [3.63, 3.8) is 0 Å². The van der Waals surface area contributed by atoms with Crippen LogP contribution < -0.4 is 9.64 Å². The molecule has 2 aromatic heterocycles. The summed E-state index contributed by atoms with van der Waals surface area (Å²) in [6.45, 7) is 5.07. The van der Waals surface area contributed by atoms with Gasteiger partial charge in [-0.25, -0.2) is 8.78 Å². The Morgan fingerprint density at radius 1 is 1.04 bits per heavy atom. The second-order valence-corrected chi connectivity index (χ2v) is 13.0. The molecule has 6 bridgehead atoms. The SMILES string of the molecule is Oc1cc2c3c(c(F)ccc3c1)C/C=C/COCC1CCCN(C1)c1nc(OCC34CCCN3CCC4)nc3c(F)c-2ncc13. The maximum absolute atomic E-state index is 16.9. The fraction of sp³-hybridized carbons (Fsp3) is 0.457. The second-order valence-electron chi connectivity index (χ2n) is 13.0. The Bertz CT molecular complexity index is 1800. The molecule has 0 amide bonds. The van der Waals surface area contributed by atoms with E-state index in [4.69, 9.17) is 14.5 Å². The zero-order valence-electron chi connectivity index (χ0n) is 25.3. The normalized spacial score (nSPS) is 22.3. The van der Waals surface area contributed by atoms with Gasteiger partial charge in [-0.2, -0.15) is 9.97 Å². The van der Waals surface area contributed by atoms with Crippen LogP contribution in [0, 0.1) is 17.6 Å². The molecular weight excluding hydrogens is 576 g/mol. The molecule has 0 radical (unpaired) electrons. The van der Waals surface area contributed by atoms with Crippen LogP contribution in [-0.2, 0) is 11.2 Å². The van der Waals surface area contributed by atoms with Gasteiger partial charge in [0.15, 0.2) is 5.82 Å². The number of ether oxygens (including phenoxy) is 2. The highest BCUT2D eigenvalue weighted by molar-refractivity contribution is 6.01. The average molecular weight is 614 g/mol. The van der Waals surface area contributed by atoms with E-state index in [0.717, 1.165) is 58.2 Å². The molecule has 45 heavy (non-hydrogen) atoms. The summed E-state index contributed by atoms with van der Waals surface area (Å²) in [7, 11) is 0. The van der Waals surface area contributed by atoms with Crippen LogP contribution in [0.25, 0.3) is 32.9 Å². The maximum Gasteiger partial charge on any atom is 0.319 e. The Morgan fingerprint density at radius 3 is 2.78 bits per heavy atom. The number of benzene rings is 2. The average Bonchev–Trinajstić information content (AvgIpc) is 3.63. The summed E-state index contributed by atoms with van der Waals surface area (Å²) in [6, 6.07) is 6.14. The van der Waals surface area contributed by atoms with E-state index in [1.165, 1.54) is 12.1 Å². The molecule has 8 nitrogen and oxygen atoms in total. The van der Waals surface area contributed by atoms with Gasteiger partial charge in [0.05, 0.1) is 24.1 Å². The first-order chi connectivity index (χ1) is 22.0. The Kier molecular flexibility index (Phi) is 7.29. The zero-order valence-corrected chi connectivity index (χ0v) is 25.3. The van der Waals surface area contributed by atoms with Crippen molar-refractivity contribution in [3.05, 3.63) is 59.8 Å². The van der Waals surface area contributed by atoms with Crippen LogP contribution in [0.5, 0.6) is 11.8 Å². The summed E-state index contributed by atoms with van der Waals surface area (Å²) in [5, 5.41) is 12.2. The molecule has 10 heteroatoms. The fourth-order valence-electron chi connectivity index (χ4n) is 8.03. The number of aromatic hydroxyl groups is 1. The number of rotatable bonds is 3. The van der Waals surface area contributed by atoms with E-state index in [1.54, 1.807) is 18.3 Å². The molecule has 0 saturated carbocycles. The summed E-state index contributed by atoms with van der Waals surface area (Å²) in [5.74, 6) is -0.247. The standard InChI is InChI=1S/C35H37F2N5O3/c36-28-9-8-23-16-24(43)17-26-29(23)25(28)7-1-2-15-44-20-22-6-3-12-41(19-22)33-27-18-38-31(26)30(37)32(27)39-34(40-33)45-21-35-10-4-13-42(35)14-5-11-35/h1-2,8-9,16-18,22,43H,3-7,10-15,19-21H2/b2-1+. The molecule has 0 spiro atoms. The van der Waals surface area contributed by atoms with Gasteiger partial charge in [-0.1, -0.05) is 18.2 Å². The number of anilines is 1. The number of hydrogen-bond acceptors (Lipinski definition) is 8. The van der Waals surface area contributed by atoms with E-state index < -0.39 is 11.6 Å². The van der Waals surface area contributed by atoms with E-state index in [2.05, 4.69) is 19.8 Å². The minimum Gasteiger partial charge on any atom is -0.508 e. The molecule has 3 fully saturated rings. The Labute approximate surface area is 260 Å². The molecule has 0 aliphatic carbocycles. The van der Waals surface area contributed by atoms with Gasteiger partial charge in [-0.15, -0.1) is 0 Å². The van der Waals surface area contributed by atoms with Crippen LogP contribution >= 0.6 is 0 Å². The minimum absolute atomic E-state index is 0.00430. The lowest BCUT2D eigenvalue weighted by atomic mass is 9.94. The van der Waals surface area contributed by atoms with E-state index >= 15 is 8.78 Å². The molecule has 4 aromatic rings. The van der Waals surface area contributed by atoms with Gasteiger partial charge in [0.2, 0.25) is 0 Å². The van der Waals surface area contributed by atoms with Crippen LogP contribution in [-0.4, -0.2) is 76.5 Å². The van der Waals surface area contributed by atoms with Gasteiger partial charge in [0.1, 0.15) is 35.2 Å². The van der Waals surface area contributed by atoms with Crippen LogP contribution in [0.2, 0.25) is 0 Å². The number of allylic oxidation sites excluding steroid dienone is 1. The summed E-state index contributed by atoms with van der Waals surface area (Å²) < 4.78 is 44.7. The minimum atomic E-state index is -0.651. The van der Waals surface area contributed by atoms with Gasteiger partial charge in [0.25, 0.3) is 0 Å². The molecule has 9 rings (SSSR count). The number of nitrogens with zero attached hydrogens (tertiary/aromatic N) is 5. The van der Waals surface area contributed by atoms with Crippen molar-refractivity contribution >= 4 is 27.5 Å². The van der Waals surface area contributed by atoms with Crippen LogP contribution in [0.4, 0.5) is 14.6 Å². The van der Waals surface area contributed by atoms with E-state index in [0.29, 0.717) is 59.5 Å². The fourth-order valence-corrected chi connectivity index (χ4v) is 8.03. The summed E-state index contributed by atoms with van der Waals surface area (Å²) >= 11 is 0. The Morgan fingerprint density at radius 2 is 1.91 bits per heavy atom. The number of phenolic OH excluding ortho intramolecular Hbond substituents is 1. The Balaban J connectivity index is 1.31. The lowest BCUT2D eigenvalue weighted by molar-refractivity contribution is 0.107. The van der Waals surface area contributed by atoms with Gasteiger partial charge in [-0.3, -0.25) is 9.88 Å². The lowest BCUT2D eigenvalue weighted by Gasteiger charge is -2.34. The first kappa shape index (κ1) is 28.6. The van der Waals surface area contributed by atoms with Crippen LogP contribution in [0.15, 0.2) is 42.6 Å². The monoisotopic (exact) mass is 613 g/mol. The van der Waals surface area contributed by atoms with Crippen molar-refractivity contribution in [3.8, 4) is 23.0 Å². The second kappa shape index (κ2) is 11.5. The number of hydrogen-bond donors (Lipinski definition) is 1. The summed E-state index contributed by atoms with van der Waals surface area (Å²) in [5.41, 5.74) is 0.783. The molecule has 7 heterocycles. The number of phenols is 1. The first-order valence-electron chi connectivity index (χ1n) is 16.2. The van der Waals surface area contributed by atoms with Crippen molar-refractivity contribution in [2.75, 3.05) is 50.9 Å². The topological polar surface area (TPSA) is 83.8 Å². The van der Waals surface area contributed by atoms with Crippen molar-refractivity contribution < 1.29 is 23.4 Å². The third-order valence-corrected chi connectivity index (χ3v) is 10.2. The van der Waals surface area contributed by atoms with Crippen LogP contribution in [0.1, 0.15) is 44.1 Å². The van der Waals surface area contributed by atoms with E-state index in [1.807, 2.05) is 12.2 Å². The third kappa shape index (κ3) is 5.08. The van der Waals surface area contributed by atoms with Crippen molar-refractivity contribution in [2.45, 2.75) is 50.5 Å². The largest absolute Gasteiger partial charge is 0.508 e. The van der Waals surface area contributed by atoms with E-state index in [-0.39, 0.29) is 40.8 Å². The highest BCUT2D eigenvalue weighted by atomic mass is 19.1. The maximum atomic E-state index is 16.9. The molecule has 5 aliphatic rings. The molecule has 1 unspecified atom stereocenters. The number of halogens is 2. The van der Waals surface area contributed by atoms with Crippen LogP contribution in [0.3, 0.4) is 0 Å². The predicted molar refractivity (Wildman–Crippen MR) is 169 cm³/mol. The molecule has 1 N–H and O–H groups in total.